The Labute approximate surface area is 215 Å². The van der Waals surface area contributed by atoms with Gasteiger partial charge in [-0.3, -0.25) is 9.69 Å². The summed E-state index contributed by atoms with van der Waals surface area (Å²) in [7, 11) is 0. The molecule has 1 aromatic heterocycles. The summed E-state index contributed by atoms with van der Waals surface area (Å²) in [4.78, 5) is 38.2. The van der Waals surface area contributed by atoms with Crippen molar-refractivity contribution in [2.45, 2.75) is 17.5 Å². The molecule has 0 aliphatic carbocycles. The second-order valence-electron chi connectivity index (χ2n) is 8.02. The van der Waals surface area contributed by atoms with Gasteiger partial charge in [0.15, 0.2) is 0 Å². The van der Waals surface area contributed by atoms with Crippen LogP contribution in [0, 0.1) is 0 Å². The number of thioether (sulfide) groups is 1. The highest BCUT2D eigenvalue weighted by molar-refractivity contribution is 8.00. The van der Waals surface area contributed by atoms with Crippen LogP contribution in [-0.2, 0) is 16.1 Å². The van der Waals surface area contributed by atoms with E-state index < -0.39 is 17.2 Å². The molecule has 11 heteroatoms. The standard InChI is InChI=1S/C24H22Cl2N2O6S/c25-19-3-1-14(7-20(19)26)11-28-5-6-33-16(12-28)10-27-22(29)13-35-17-2-4-21-15(8-17)9-18(23(30)31)24(32)34-21/h1-4,7-9,16H,5-6,10-13H2,(H,27,29)(H,30,31). The zero-order chi connectivity index (χ0) is 24.9. The van der Waals surface area contributed by atoms with E-state index >= 15 is 0 Å². The number of carbonyl (C=O) groups excluding carboxylic acids is 1. The lowest BCUT2D eigenvalue weighted by Crippen LogP contribution is -2.47. The van der Waals surface area contributed by atoms with Crippen molar-refractivity contribution in [3.8, 4) is 0 Å². The highest BCUT2D eigenvalue weighted by atomic mass is 35.5. The number of hydrogen-bond donors (Lipinski definition) is 2. The van der Waals surface area contributed by atoms with Gasteiger partial charge in [0.05, 0.1) is 28.5 Å². The first-order chi connectivity index (χ1) is 16.8. The van der Waals surface area contributed by atoms with E-state index in [1.54, 1.807) is 24.3 Å². The molecule has 4 rings (SSSR count). The van der Waals surface area contributed by atoms with Gasteiger partial charge < -0.3 is 19.6 Å². The number of morpholine rings is 1. The van der Waals surface area contributed by atoms with Crippen molar-refractivity contribution in [1.82, 2.24) is 10.2 Å². The molecule has 35 heavy (non-hydrogen) atoms. The molecule has 184 valence electrons. The first-order valence-corrected chi connectivity index (χ1v) is 12.5. The van der Waals surface area contributed by atoms with E-state index in [1.807, 2.05) is 12.1 Å². The van der Waals surface area contributed by atoms with E-state index in [1.165, 1.54) is 17.8 Å². The third kappa shape index (κ3) is 6.77. The SMILES string of the molecule is O=C(CSc1ccc2oc(=O)c(C(=O)O)cc2c1)NCC1CN(Cc2ccc(Cl)c(Cl)c2)CCO1. The Hall–Kier alpha value is -2.56. The highest BCUT2D eigenvalue weighted by Gasteiger charge is 2.21. The molecule has 1 saturated heterocycles. The van der Waals surface area contributed by atoms with Crippen LogP contribution < -0.4 is 10.9 Å². The fraction of sp³-hybridized carbons (Fsp3) is 0.292. The number of aromatic carboxylic acids is 1. The lowest BCUT2D eigenvalue weighted by molar-refractivity contribution is -0.119. The molecule has 1 unspecified atom stereocenters. The van der Waals surface area contributed by atoms with Crippen LogP contribution in [-0.4, -0.2) is 60.0 Å². The number of carboxylic acid groups (broad SMARTS) is 1. The summed E-state index contributed by atoms with van der Waals surface area (Å²) in [5.41, 5.74) is 0.0163. The number of amides is 1. The predicted molar refractivity (Wildman–Crippen MR) is 135 cm³/mol. The number of nitrogens with one attached hydrogen (secondary N) is 1. The molecule has 2 heterocycles. The summed E-state index contributed by atoms with van der Waals surface area (Å²) in [5, 5.41) is 13.5. The molecule has 1 amide bonds. The minimum absolute atomic E-state index is 0.126. The topological polar surface area (TPSA) is 109 Å². The fourth-order valence-corrected chi connectivity index (χ4v) is 4.81. The Morgan fingerprint density at radius 2 is 1.97 bits per heavy atom. The van der Waals surface area contributed by atoms with E-state index in [0.717, 1.165) is 17.0 Å². The number of halogens is 2. The first kappa shape index (κ1) is 25.5. The molecule has 0 saturated carbocycles. The quantitative estimate of drug-likeness (QED) is 0.329. The van der Waals surface area contributed by atoms with E-state index in [0.29, 0.717) is 41.7 Å². The van der Waals surface area contributed by atoms with Gasteiger partial charge in [0.25, 0.3) is 0 Å². The summed E-state index contributed by atoms with van der Waals surface area (Å²) >= 11 is 13.4. The number of carboxylic acids is 1. The van der Waals surface area contributed by atoms with Crippen molar-refractivity contribution >= 4 is 57.8 Å². The number of nitrogens with zero attached hydrogens (tertiary/aromatic N) is 1. The average Bonchev–Trinajstić information content (AvgIpc) is 2.83. The largest absolute Gasteiger partial charge is 0.477 e. The van der Waals surface area contributed by atoms with Crippen molar-refractivity contribution in [2.24, 2.45) is 0 Å². The molecule has 3 aromatic rings. The van der Waals surface area contributed by atoms with Crippen molar-refractivity contribution in [1.29, 1.82) is 0 Å². The summed E-state index contributed by atoms with van der Waals surface area (Å²) < 4.78 is 10.8. The molecular weight excluding hydrogens is 515 g/mol. The van der Waals surface area contributed by atoms with Crippen LogP contribution in [0.1, 0.15) is 15.9 Å². The van der Waals surface area contributed by atoms with Gasteiger partial charge >= 0.3 is 11.6 Å². The minimum Gasteiger partial charge on any atom is -0.477 e. The van der Waals surface area contributed by atoms with Gasteiger partial charge in [-0.1, -0.05) is 29.3 Å². The van der Waals surface area contributed by atoms with Gasteiger partial charge in [0.2, 0.25) is 5.91 Å². The molecular formula is C24H22Cl2N2O6S. The Morgan fingerprint density at radius 3 is 2.74 bits per heavy atom. The molecule has 8 nitrogen and oxygen atoms in total. The third-order valence-corrected chi connectivity index (χ3v) is 7.18. The van der Waals surface area contributed by atoms with Crippen molar-refractivity contribution in [2.75, 3.05) is 32.0 Å². The van der Waals surface area contributed by atoms with Gasteiger partial charge in [0, 0.05) is 36.5 Å². The average molecular weight is 537 g/mol. The van der Waals surface area contributed by atoms with Gasteiger partial charge in [-0.25, -0.2) is 9.59 Å². The molecule has 2 aromatic carbocycles. The van der Waals surface area contributed by atoms with E-state index in [-0.39, 0.29) is 23.3 Å². The van der Waals surface area contributed by atoms with Crippen LogP contribution in [0.25, 0.3) is 11.0 Å². The highest BCUT2D eigenvalue weighted by Crippen LogP contribution is 2.25. The predicted octanol–water partition coefficient (Wildman–Crippen LogP) is 3.91. The normalized spacial score (nSPS) is 16.3. The molecule has 2 N–H and O–H groups in total. The van der Waals surface area contributed by atoms with Crippen molar-refractivity contribution < 1.29 is 23.8 Å². The molecule has 1 aliphatic rings. The van der Waals surface area contributed by atoms with E-state index in [4.69, 9.17) is 37.5 Å². The lowest BCUT2D eigenvalue weighted by atomic mass is 10.2. The molecule has 1 aliphatic heterocycles. The Morgan fingerprint density at radius 1 is 1.14 bits per heavy atom. The van der Waals surface area contributed by atoms with Crippen molar-refractivity contribution in [3.63, 3.8) is 0 Å². The monoisotopic (exact) mass is 536 g/mol. The number of carbonyl (C=O) groups is 2. The molecule has 0 spiro atoms. The smallest absolute Gasteiger partial charge is 0.351 e. The van der Waals surface area contributed by atoms with E-state index in [2.05, 4.69) is 10.2 Å². The van der Waals surface area contributed by atoms with E-state index in [9.17, 15) is 14.4 Å². The maximum atomic E-state index is 12.4. The van der Waals surface area contributed by atoms with Gasteiger partial charge in [0.1, 0.15) is 11.1 Å². The summed E-state index contributed by atoms with van der Waals surface area (Å²) in [6.07, 6.45) is -0.126. The molecule has 0 bridgehead atoms. The number of hydrogen-bond acceptors (Lipinski definition) is 7. The Bertz CT molecular complexity index is 1310. The molecule has 1 atom stereocenters. The fourth-order valence-electron chi connectivity index (χ4n) is 3.71. The number of ether oxygens (including phenoxy) is 1. The van der Waals surface area contributed by atoms with Crippen LogP contribution in [0.4, 0.5) is 0 Å². The van der Waals surface area contributed by atoms with Crippen molar-refractivity contribution in [3.05, 3.63) is 74.1 Å². The van der Waals surface area contributed by atoms with Crippen LogP contribution in [0.5, 0.6) is 0 Å². The second kappa shape index (κ2) is 11.5. The maximum Gasteiger partial charge on any atom is 0.351 e. The second-order valence-corrected chi connectivity index (χ2v) is 9.88. The van der Waals surface area contributed by atoms with Gasteiger partial charge in [-0.15, -0.1) is 11.8 Å². The van der Waals surface area contributed by atoms with Crippen LogP contribution in [0.15, 0.2) is 56.6 Å². The molecule has 1 fully saturated rings. The van der Waals surface area contributed by atoms with Crippen LogP contribution in [0.2, 0.25) is 10.0 Å². The first-order valence-electron chi connectivity index (χ1n) is 10.8. The zero-order valence-electron chi connectivity index (χ0n) is 18.5. The number of rotatable bonds is 8. The Kier molecular flexibility index (Phi) is 8.35. The summed E-state index contributed by atoms with van der Waals surface area (Å²) in [6.45, 7) is 3.14. The van der Waals surface area contributed by atoms with Gasteiger partial charge in [-0.05, 0) is 42.0 Å². The third-order valence-electron chi connectivity index (χ3n) is 5.44. The van der Waals surface area contributed by atoms with Crippen LogP contribution in [0.3, 0.4) is 0 Å². The summed E-state index contributed by atoms with van der Waals surface area (Å²) in [5.74, 6) is -1.32. The molecule has 0 radical (unpaired) electrons. The number of benzene rings is 2. The lowest BCUT2D eigenvalue weighted by Gasteiger charge is -2.33. The van der Waals surface area contributed by atoms with Gasteiger partial charge in [-0.2, -0.15) is 0 Å². The minimum atomic E-state index is -1.35. The number of fused-ring (bicyclic) bond motifs is 1. The zero-order valence-corrected chi connectivity index (χ0v) is 20.8. The van der Waals surface area contributed by atoms with Crippen LogP contribution >= 0.6 is 35.0 Å². The summed E-state index contributed by atoms with van der Waals surface area (Å²) in [6, 6.07) is 11.9. The Balaban J connectivity index is 1.26. The maximum absolute atomic E-state index is 12.4.